The van der Waals surface area contributed by atoms with Crippen LogP contribution in [-0.2, 0) is 68.2 Å². The van der Waals surface area contributed by atoms with Crippen molar-refractivity contribution in [1.29, 1.82) is 0 Å². The molecule has 0 unspecified atom stereocenters. The van der Waals surface area contributed by atoms with Crippen molar-refractivity contribution in [2.45, 2.75) is 192 Å². The third-order valence-corrected chi connectivity index (χ3v) is 18.6. The summed E-state index contributed by atoms with van der Waals surface area (Å²) in [6.07, 6.45) is 18.7. The van der Waals surface area contributed by atoms with E-state index in [9.17, 15) is 79.9 Å². The van der Waals surface area contributed by atoms with Crippen molar-refractivity contribution < 1.29 is 322 Å². The summed E-state index contributed by atoms with van der Waals surface area (Å²) in [7, 11) is 0. The van der Waals surface area contributed by atoms with Crippen LogP contribution in [0.4, 0.5) is 33.6 Å². The molecular weight excluding hydrogens is 2360 g/mol. The number of alkyl halides is 1. The van der Waals surface area contributed by atoms with Gasteiger partial charge in [-0.15, -0.1) is 6.61 Å². The molecule has 0 bridgehead atoms. The van der Waals surface area contributed by atoms with Crippen molar-refractivity contribution in [3.8, 4) is 11.6 Å². The summed E-state index contributed by atoms with van der Waals surface area (Å²) >= 11 is 30.6. The van der Waals surface area contributed by atoms with Crippen LogP contribution < -0.4 is 205 Å². The molecule has 63 heteroatoms. The Morgan fingerprint density at radius 3 is 1.37 bits per heavy atom. The van der Waals surface area contributed by atoms with Gasteiger partial charge in [0.1, 0.15) is 45.3 Å². The zero-order valence-corrected chi connectivity index (χ0v) is 101. The topological polar surface area (TPSA) is 674 Å². The first-order valence-electron chi connectivity index (χ1n) is 42.5. The number of ether oxygens (including phenoxy) is 9. The molecule has 4 aliphatic rings. The minimum absolute atomic E-state index is 0. The van der Waals surface area contributed by atoms with Crippen LogP contribution in [0.3, 0.4) is 0 Å². The number of aliphatic hydroxyl groups is 4. The number of halogens is 11. The van der Waals surface area contributed by atoms with E-state index in [4.69, 9.17) is 105 Å². The minimum Gasteiger partial charge on any atom is -1.00 e. The molecule has 147 heavy (non-hydrogen) atoms. The zero-order valence-electron chi connectivity index (χ0n) is 82.3. The molecule has 3 saturated carbocycles. The van der Waals surface area contributed by atoms with Crippen LogP contribution in [0.5, 0.6) is 11.6 Å². The van der Waals surface area contributed by atoms with Crippen molar-refractivity contribution >= 4 is 168 Å². The van der Waals surface area contributed by atoms with E-state index in [1.807, 2.05) is 6.20 Å². The Kier molecular flexibility index (Phi) is 76.9. The molecule has 1 aliphatic heterocycles. The second kappa shape index (κ2) is 77.3. The smallest absolute Gasteiger partial charge is 1.00 e. The third-order valence-electron chi connectivity index (χ3n) is 17.8. The molecule has 12 heterocycles. The molecule has 48 nitrogen and oxygen atoms in total. The van der Waals surface area contributed by atoms with Crippen molar-refractivity contribution in [2.24, 2.45) is 11.7 Å². The Labute approximate surface area is 1010 Å². The second-order valence-corrected chi connectivity index (χ2v) is 35.1. The summed E-state index contributed by atoms with van der Waals surface area (Å²) in [5.74, 6) is -8.58. The number of aromatic hydroxyl groups is 1. The summed E-state index contributed by atoms with van der Waals surface area (Å²) < 4.78 is 125. The number of nitrogen functional groups attached to an aromatic ring is 1. The Balaban J connectivity index is -0.000000517. The van der Waals surface area contributed by atoms with Gasteiger partial charge < -0.3 is 114 Å². The number of H-pyrrole nitrogens is 2. The molecule has 0 saturated heterocycles. The largest absolute Gasteiger partial charge is 1.00 e. The van der Waals surface area contributed by atoms with E-state index >= 15 is 0 Å². The van der Waals surface area contributed by atoms with E-state index < -0.39 is 99.1 Å². The maximum atomic E-state index is 14.1. The number of aromatic nitrogens is 17. The second-order valence-electron chi connectivity index (χ2n) is 27.4. The number of rotatable bonds is 19. The first-order valence-corrected chi connectivity index (χ1v) is 48.0. The Morgan fingerprint density at radius 1 is 0.578 bits per heavy atom. The number of hydrogen-bond donors (Lipinski definition) is 10. The molecule has 806 valence electrons. The van der Waals surface area contributed by atoms with Crippen LogP contribution in [0.1, 0.15) is 218 Å². The molecule has 6 atom stereocenters. The molecule has 3 aliphatic carbocycles. The van der Waals surface area contributed by atoms with Gasteiger partial charge in [-0.05, 0) is 167 Å². The van der Waals surface area contributed by atoms with Gasteiger partial charge in [0.25, 0.3) is 24.1 Å². The van der Waals surface area contributed by atoms with E-state index in [1.165, 1.54) is 62.2 Å². The first-order chi connectivity index (χ1) is 66.9. The molecule has 0 amide bonds. The van der Waals surface area contributed by atoms with E-state index in [-0.39, 0.29) is 353 Å². The maximum Gasteiger partial charge on any atom is 1.00 e. The van der Waals surface area contributed by atoms with Gasteiger partial charge in [-0.3, -0.25) is 19.3 Å². The van der Waals surface area contributed by atoms with Gasteiger partial charge in [-0.1, -0.05) is 56.6 Å². The molecule has 0 radical (unpaired) electrons. The number of carbonyl (C=O) groups is 9. The van der Waals surface area contributed by atoms with Crippen LogP contribution in [-0.4, -0.2) is 272 Å². The Bertz CT molecular complexity index is 5980. The van der Waals surface area contributed by atoms with Crippen molar-refractivity contribution in [1.82, 2.24) is 83.2 Å². The van der Waals surface area contributed by atoms with Crippen LogP contribution in [0.25, 0.3) is 28.2 Å². The number of fused-ring (bicyclic) bond motifs is 7. The predicted molar refractivity (Wildman–Crippen MR) is 511 cm³/mol. The summed E-state index contributed by atoms with van der Waals surface area (Å²) in [6.45, 7) is 20.1. The fourth-order valence-corrected chi connectivity index (χ4v) is 12.5. The number of aliphatic hydroxyl groups excluding tert-OH is 4. The summed E-state index contributed by atoms with van der Waals surface area (Å²) in [6, 6.07) is -0.168. The van der Waals surface area contributed by atoms with Gasteiger partial charge in [0, 0.05) is 25.2 Å². The van der Waals surface area contributed by atoms with Gasteiger partial charge in [0.15, 0.2) is 72.7 Å². The minimum atomic E-state index is -3.22. The number of nitrogens with zero attached hydrogens (tertiary/aromatic N) is 15. The van der Waals surface area contributed by atoms with Crippen molar-refractivity contribution in [2.75, 3.05) is 83.7 Å². The van der Waals surface area contributed by atoms with E-state index in [1.54, 1.807) is 66.8 Å². The van der Waals surface area contributed by atoms with Gasteiger partial charge >= 0.3 is 220 Å². The van der Waals surface area contributed by atoms with Crippen LogP contribution >= 0.6 is 73.7 Å². The molecule has 0 aromatic carbocycles. The molecule has 3 fully saturated rings. The summed E-state index contributed by atoms with van der Waals surface area (Å²) in [5, 5.41) is 84.3. The average Bonchev–Trinajstić information content (AvgIpc) is 1.63. The number of aromatic amines is 2. The molecular formula is C84H116Cl6Cs2F5N20NaO28P-. The normalized spacial score (nSPS) is 14.6. The van der Waals surface area contributed by atoms with Gasteiger partial charge in [-0.25, -0.2) is 89.4 Å². The number of anilines is 2. The van der Waals surface area contributed by atoms with Crippen molar-refractivity contribution in [3.05, 3.63) is 151 Å². The first kappa shape index (κ1) is 146. The monoisotopic (exact) mass is 2480 g/mol. The third kappa shape index (κ3) is 47.2. The van der Waals surface area contributed by atoms with Crippen LogP contribution in [0, 0.1) is 36.6 Å². The SMILES string of the molecule is C.C.CCO.CCO.CCOC(=O)C(F)C(=O)OCC.CCOC(=O)c1cn[nH]c1N.CCOC(=O)c1cnn2c(Cl)c(F)c(Cl)nc12.CCOC(=O)c1cnn2c(O)c(F)c(=O)[nH]c12.CCOC(=O)c1cnn2cc(F)c(Cl)nc12.CCOC(=O)c1cnn2cc(F)c(N[C@@H]3CCC[C@@H]3O)nc12.CCOC(=O)c1cnn2cc3c(nc12)C[C@@H]1CCC[C@@H]1O3.CC[O-].N[C@@H]1CCC[C@@H]1O.O=CO[O-].O=P(Cl)(Cl)Cl.[CH3-].[Cs+].[Cs+].[H-].[Na+]. The van der Waals surface area contributed by atoms with Gasteiger partial charge in [0.2, 0.25) is 5.82 Å². The molecule has 11 aromatic rings. The molecule has 11 aromatic heterocycles. The zero-order chi connectivity index (χ0) is 106. The number of esters is 8. The fraction of sp³-hybridized carbons (Fsp3) is 0.488. The maximum absolute atomic E-state index is 14.1. The van der Waals surface area contributed by atoms with Crippen molar-refractivity contribution in [3.63, 3.8) is 0 Å². The van der Waals surface area contributed by atoms with E-state index in [0.29, 0.717) is 47.4 Å². The van der Waals surface area contributed by atoms with Crippen LogP contribution in [0.15, 0.2) is 60.6 Å². The molecule has 15 rings (SSSR count). The van der Waals surface area contributed by atoms with Crippen LogP contribution in [0.2, 0.25) is 15.5 Å². The van der Waals surface area contributed by atoms with Gasteiger partial charge in [0.05, 0.1) is 133 Å². The number of nitrogens with one attached hydrogen (secondary N) is 3. The molecule has 0 spiro atoms. The van der Waals surface area contributed by atoms with Gasteiger partial charge in [-0.2, -0.15) is 44.0 Å². The standard InChI is InChI=1S/C15H17N3O3.C14H17FN4O3.C9H6Cl2FN3O2.C9H7ClFN3O2.C9H8FN3O4.C7H11FO4.C6H9N3O2.C5H11NO.2C2H6O.C2H5O.CH2O3.2CH4.CH3.Cl3OP.2Cs.Na.H/c1-2-20-15(19)10-7-16-18-8-13-11(17-14(10)18)6-9-4-3-5-12(9)21-13;1-2-22-14(21)8-6-16-19-7-9(15)12(18-13(8)19)17-10-4-3-5-11(10)20;1-2-17-9(16)4-3-13-15-7(11)5(12)6(10)14-8(4)15;1-2-16-9(15)5-3-12-14-4-6(11)7(10)13-8(5)14;1-2-17-9(16)4-3-11-13-6(4)12-7(14)5(10)8(13)15;1-3-11-6(9)5(8)7(10)12-4-2;1-2-11-6(10)4-3-8-9-5(4)7;6-4-2-1-3-5(4)7;3*1-2-3;2-1-4-3;;;;1-5(2,3)4;;;;/h7-9,12H,2-6H2,1H3;6-7,10-11,20H,2-5H2,1H3,(H,17,18);3H,2H2,1H3;3-4H,2H2,1H3;3,15H,2H2,1H3,(H,12,14);5H,3-4H2,1-2H3;3H,2H2,1H3,(H3,7,8,9);4-5,7H,1-3,6H2;2*3H,2H2,1H3;2H2,1H3;1,3H;2*1H4;1H3;;;;;/q;;;;;;;;;;-1;;;;-1;;3*+1;-1/p-1/t9-,12-;10-,11+;;;;;;4-,5+;;;;;;;;;;;;/m01.....1............/s1. The average molecular weight is 2480 g/mol. The Morgan fingerprint density at radius 2 is 0.959 bits per heavy atom. The fourth-order valence-electron chi connectivity index (χ4n) is 12.0. The van der Waals surface area contributed by atoms with E-state index in [2.05, 4.69) is 119 Å². The number of carbonyl (C=O) groups excluding carboxylic acids is 9. The summed E-state index contributed by atoms with van der Waals surface area (Å²) in [4.78, 5) is 131. The quantitative estimate of drug-likeness (QED) is 0.00467. The predicted octanol–water partition coefficient (Wildman–Crippen LogP) is 1.41. The number of nitrogens with two attached hydrogens (primary N) is 2. The van der Waals surface area contributed by atoms with E-state index in [0.717, 1.165) is 84.0 Å². The number of hydrogen-bond acceptors (Lipinski definition) is 41. The molecule has 12 N–H and O–H groups in total. The Hall–Kier alpha value is -7.02. The summed E-state index contributed by atoms with van der Waals surface area (Å²) in [5.41, 5.74) is 12.5.